The molecule has 0 amide bonds. The molecule has 0 radical (unpaired) electrons. The molecule has 0 fully saturated rings. The highest BCUT2D eigenvalue weighted by Crippen LogP contribution is 2.35. The summed E-state index contributed by atoms with van der Waals surface area (Å²) in [6, 6.07) is 11.9. The van der Waals surface area contributed by atoms with E-state index in [0.717, 1.165) is 5.56 Å². The van der Waals surface area contributed by atoms with Crippen LogP contribution >= 0.6 is 11.6 Å². The summed E-state index contributed by atoms with van der Waals surface area (Å²) in [6.07, 6.45) is 0.877. The summed E-state index contributed by atoms with van der Waals surface area (Å²) in [4.78, 5) is 24.1. The number of ether oxygens (including phenoxy) is 3. The van der Waals surface area contributed by atoms with Crippen molar-refractivity contribution in [3.05, 3.63) is 64.4 Å². The molecule has 1 heterocycles. The minimum Gasteiger partial charge on any atom is -0.479 e. The summed E-state index contributed by atoms with van der Waals surface area (Å²) in [5.74, 6) is 0.340. The number of benzene rings is 2. The molecule has 0 aromatic heterocycles. The van der Waals surface area contributed by atoms with Crippen molar-refractivity contribution < 1.29 is 23.8 Å². The summed E-state index contributed by atoms with van der Waals surface area (Å²) in [6.45, 7) is 3.61. The predicted molar refractivity (Wildman–Crippen MR) is 97.6 cm³/mol. The number of rotatable bonds is 5. The average Bonchev–Trinajstić information content (AvgIpc) is 2.90. The molecule has 134 valence electrons. The normalized spacial score (nSPS) is 15.3. The molecular weight excluding hydrogens is 356 g/mol. The van der Waals surface area contributed by atoms with Crippen molar-refractivity contribution in [3.8, 4) is 11.5 Å². The zero-order valence-corrected chi connectivity index (χ0v) is 15.1. The summed E-state index contributed by atoms with van der Waals surface area (Å²) >= 11 is 5.96. The van der Waals surface area contributed by atoms with Gasteiger partial charge in [0.25, 0.3) is 0 Å². The number of ketones is 1. The van der Waals surface area contributed by atoms with Crippen LogP contribution in [0.3, 0.4) is 0 Å². The number of carbonyl (C=O) groups is 2. The molecule has 2 aromatic rings. The van der Waals surface area contributed by atoms with Crippen LogP contribution in [0.4, 0.5) is 0 Å². The van der Waals surface area contributed by atoms with Gasteiger partial charge in [0.1, 0.15) is 11.5 Å². The maximum atomic E-state index is 12.5. The molecular formula is C20H17ClO5. The molecule has 26 heavy (non-hydrogen) atoms. The Bertz CT molecular complexity index is 888. The van der Waals surface area contributed by atoms with Crippen LogP contribution in [0.1, 0.15) is 29.8 Å². The van der Waals surface area contributed by atoms with E-state index < -0.39 is 12.1 Å². The second-order valence-electron chi connectivity index (χ2n) is 5.66. The number of carbonyl (C=O) groups excluding carboxylic acids is 2. The van der Waals surface area contributed by atoms with E-state index >= 15 is 0 Å². The zero-order valence-electron chi connectivity index (χ0n) is 14.3. The van der Waals surface area contributed by atoms with Gasteiger partial charge in [-0.25, -0.2) is 4.79 Å². The van der Waals surface area contributed by atoms with Crippen LogP contribution in [0.5, 0.6) is 11.5 Å². The van der Waals surface area contributed by atoms with Crippen molar-refractivity contribution in [2.75, 3.05) is 6.61 Å². The lowest BCUT2D eigenvalue weighted by Crippen LogP contribution is -2.26. The number of Topliss-reactive ketones (excluding diaryl/α,β-unsaturated/α-hetero) is 1. The number of hydrogen-bond acceptors (Lipinski definition) is 5. The van der Waals surface area contributed by atoms with Crippen LogP contribution in [0.25, 0.3) is 6.08 Å². The molecule has 1 aliphatic heterocycles. The third-order valence-corrected chi connectivity index (χ3v) is 3.95. The smallest absolute Gasteiger partial charge is 0.347 e. The highest BCUT2D eigenvalue weighted by Gasteiger charge is 2.28. The van der Waals surface area contributed by atoms with Crippen molar-refractivity contribution in [1.82, 2.24) is 0 Å². The van der Waals surface area contributed by atoms with Crippen molar-refractivity contribution in [2.24, 2.45) is 0 Å². The van der Waals surface area contributed by atoms with Gasteiger partial charge in [0, 0.05) is 11.1 Å². The third kappa shape index (κ3) is 3.89. The van der Waals surface area contributed by atoms with Gasteiger partial charge in [-0.2, -0.15) is 0 Å². The molecule has 1 atom stereocenters. The van der Waals surface area contributed by atoms with Gasteiger partial charge in [0.2, 0.25) is 5.78 Å². The van der Waals surface area contributed by atoms with Gasteiger partial charge >= 0.3 is 5.97 Å². The second-order valence-corrected chi connectivity index (χ2v) is 6.10. The molecule has 0 saturated carbocycles. The Morgan fingerprint density at radius 2 is 2.08 bits per heavy atom. The van der Waals surface area contributed by atoms with Crippen LogP contribution in [0.15, 0.2) is 48.2 Å². The fourth-order valence-corrected chi connectivity index (χ4v) is 2.70. The summed E-state index contributed by atoms with van der Waals surface area (Å²) in [5, 5.41) is 0.575. The number of allylic oxidation sites excluding steroid dienone is 1. The first-order valence-corrected chi connectivity index (χ1v) is 8.53. The van der Waals surface area contributed by atoms with Gasteiger partial charge < -0.3 is 14.2 Å². The SMILES string of the molecule is CCOC(=O)[C@@H](C)Oc1ccc2c(c1)O/C(=C\c1cccc(Cl)c1)C2=O. The molecule has 0 unspecified atom stereocenters. The molecule has 6 heteroatoms. The number of halogens is 1. The quantitative estimate of drug-likeness (QED) is 0.579. The highest BCUT2D eigenvalue weighted by molar-refractivity contribution is 6.30. The summed E-state index contributed by atoms with van der Waals surface area (Å²) in [5.41, 5.74) is 1.20. The Morgan fingerprint density at radius 3 is 2.81 bits per heavy atom. The first-order chi connectivity index (χ1) is 12.5. The Labute approximate surface area is 156 Å². The predicted octanol–water partition coefficient (Wildman–Crippen LogP) is 4.29. The van der Waals surface area contributed by atoms with E-state index in [9.17, 15) is 9.59 Å². The van der Waals surface area contributed by atoms with Gasteiger partial charge in [0.05, 0.1) is 12.2 Å². The molecule has 0 saturated heterocycles. The monoisotopic (exact) mass is 372 g/mol. The molecule has 0 bridgehead atoms. The Balaban J connectivity index is 1.79. The van der Waals surface area contributed by atoms with Gasteiger partial charge in [-0.1, -0.05) is 23.7 Å². The molecule has 1 aliphatic rings. The van der Waals surface area contributed by atoms with Crippen molar-refractivity contribution in [1.29, 1.82) is 0 Å². The van der Waals surface area contributed by atoms with Gasteiger partial charge in [-0.15, -0.1) is 0 Å². The summed E-state index contributed by atoms with van der Waals surface area (Å²) < 4.78 is 16.1. The van der Waals surface area contributed by atoms with Crippen molar-refractivity contribution in [2.45, 2.75) is 20.0 Å². The first-order valence-electron chi connectivity index (χ1n) is 8.15. The lowest BCUT2D eigenvalue weighted by Gasteiger charge is -2.13. The molecule has 2 aromatic carbocycles. The van der Waals surface area contributed by atoms with E-state index in [0.29, 0.717) is 22.1 Å². The van der Waals surface area contributed by atoms with E-state index in [1.54, 1.807) is 56.3 Å². The minimum atomic E-state index is -0.758. The van der Waals surface area contributed by atoms with Crippen LogP contribution in [-0.4, -0.2) is 24.5 Å². The molecule has 3 rings (SSSR count). The number of esters is 1. The maximum Gasteiger partial charge on any atom is 0.347 e. The zero-order chi connectivity index (χ0) is 18.7. The lowest BCUT2D eigenvalue weighted by molar-refractivity contribution is -0.150. The maximum absolute atomic E-state index is 12.5. The highest BCUT2D eigenvalue weighted by atomic mass is 35.5. The van der Waals surface area contributed by atoms with E-state index in [1.807, 2.05) is 6.07 Å². The molecule has 0 N–H and O–H groups in total. The fraction of sp³-hybridized carbons (Fsp3) is 0.200. The van der Waals surface area contributed by atoms with Gasteiger partial charge in [-0.3, -0.25) is 4.79 Å². The Morgan fingerprint density at radius 1 is 1.27 bits per heavy atom. The summed E-state index contributed by atoms with van der Waals surface area (Å²) in [7, 11) is 0. The average molecular weight is 373 g/mol. The van der Waals surface area contributed by atoms with E-state index in [-0.39, 0.29) is 18.1 Å². The van der Waals surface area contributed by atoms with Crippen LogP contribution in [0, 0.1) is 0 Å². The van der Waals surface area contributed by atoms with Crippen molar-refractivity contribution in [3.63, 3.8) is 0 Å². The number of hydrogen-bond donors (Lipinski definition) is 0. The first kappa shape index (κ1) is 18.0. The molecule has 0 aliphatic carbocycles. The minimum absolute atomic E-state index is 0.206. The van der Waals surface area contributed by atoms with E-state index in [1.165, 1.54) is 0 Å². The van der Waals surface area contributed by atoms with E-state index in [4.69, 9.17) is 25.8 Å². The van der Waals surface area contributed by atoms with E-state index in [2.05, 4.69) is 0 Å². The third-order valence-electron chi connectivity index (χ3n) is 3.72. The Hall–Kier alpha value is -2.79. The largest absolute Gasteiger partial charge is 0.479 e. The topological polar surface area (TPSA) is 61.8 Å². The van der Waals surface area contributed by atoms with Gasteiger partial charge in [-0.05, 0) is 49.8 Å². The van der Waals surface area contributed by atoms with Crippen LogP contribution in [0.2, 0.25) is 5.02 Å². The Kier molecular flexibility index (Phi) is 5.28. The second kappa shape index (κ2) is 7.62. The lowest BCUT2D eigenvalue weighted by atomic mass is 10.1. The molecule has 5 nitrogen and oxygen atoms in total. The fourth-order valence-electron chi connectivity index (χ4n) is 2.50. The van der Waals surface area contributed by atoms with Crippen LogP contribution < -0.4 is 9.47 Å². The van der Waals surface area contributed by atoms with Gasteiger partial charge in [0.15, 0.2) is 11.9 Å². The van der Waals surface area contributed by atoms with Crippen molar-refractivity contribution >= 4 is 29.4 Å². The molecule has 0 spiro atoms. The standard InChI is InChI=1S/C20H17ClO5/c1-3-24-20(23)12(2)25-15-7-8-16-17(11-15)26-18(19(16)22)10-13-5-4-6-14(21)9-13/h4-12H,3H2,1-2H3/b18-10-/t12-/m1/s1. The van der Waals surface area contributed by atoms with Crippen LogP contribution in [-0.2, 0) is 9.53 Å². The number of fused-ring (bicyclic) bond motifs is 1.